The molecule has 0 saturated carbocycles. The van der Waals surface area contributed by atoms with Gasteiger partial charge < -0.3 is 10.4 Å². The molecule has 1 aromatic rings. The first-order valence-corrected chi connectivity index (χ1v) is 8.50. The largest absolute Gasteiger partial charge is 0.376 e. The SMILES string of the molecule is C=CCc1cc(CNC)ccc1C#CC1(O)CN2CCC1CC2. The van der Waals surface area contributed by atoms with Crippen molar-refractivity contribution < 1.29 is 5.11 Å². The van der Waals surface area contributed by atoms with Gasteiger partial charge in [0.15, 0.2) is 0 Å². The van der Waals surface area contributed by atoms with Crippen LogP contribution >= 0.6 is 0 Å². The predicted molar refractivity (Wildman–Crippen MR) is 94.1 cm³/mol. The summed E-state index contributed by atoms with van der Waals surface area (Å²) >= 11 is 0. The van der Waals surface area contributed by atoms with Crippen molar-refractivity contribution in [2.45, 2.75) is 31.4 Å². The van der Waals surface area contributed by atoms with Gasteiger partial charge in [-0.15, -0.1) is 6.58 Å². The minimum absolute atomic E-state index is 0.325. The van der Waals surface area contributed by atoms with Gasteiger partial charge in [-0.05, 0) is 56.6 Å². The molecule has 3 fully saturated rings. The molecule has 3 aliphatic rings. The molecule has 3 heterocycles. The third kappa shape index (κ3) is 3.50. The van der Waals surface area contributed by atoms with Crippen molar-refractivity contribution in [3.63, 3.8) is 0 Å². The molecular weight excluding hydrogens is 284 g/mol. The first-order chi connectivity index (χ1) is 11.1. The van der Waals surface area contributed by atoms with Crippen LogP contribution in [0.5, 0.6) is 0 Å². The molecule has 122 valence electrons. The van der Waals surface area contributed by atoms with Crippen LogP contribution in [-0.4, -0.2) is 42.3 Å². The molecule has 1 unspecified atom stereocenters. The highest BCUT2D eigenvalue weighted by Gasteiger charge is 2.44. The number of hydrogen-bond acceptors (Lipinski definition) is 3. The molecule has 3 nitrogen and oxygen atoms in total. The zero-order chi connectivity index (χ0) is 16.3. The van der Waals surface area contributed by atoms with Gasteiger partial charge in [0, 0.05) is 24.6 Å². The molecule has 23 heavy (non-hydrogen) atoms. The Hall–Kier alpha value is -1.60. The molecule has 0 amide bonds. The summed E-state index contributed by atoms with van der Waals surface area (Å²) in [6.07, 6.45) is 4.83. The molecule has 3 saturated heterocycles. The van der Waals surface area contributed by atoms with Gasteiger partial charge in [-0.25, -0.2) is 0 Å². The van der Waals surface area contributed by atoms with E-state index in [-0.39, 0.29) is 0 Å². The molecule has 0 radical (unpaired) electrons. The third-order valence-corrected chi connectivity index (χ3v) is 5.06. The van der Waals surface area contributed by atoms with Gasteiger partial charge >= 0.3 is 0 Å². The topological polar surface area (TPSA) is 35.5 Å². The molecule has 1 atom stereocenters. The van der Waals surface area contributed by atoms with Crippen molar-refractivity contribution in [3.8, 4) is 11.8 Å². The molecule has 3 aliphatic heterocycles. The van der Waals surface area contributed by atoms with Crippen LogP contribution in [0.15, 0.2) is 30.9 Å². The van der Waals surface area contributed by atoms with Crippen molar-refractivity contribution in [2.24, 2.45) is 5.92 Å². The van der Waals surface area contributed by atoms with E-state index >= 15 is 0 Å². The zero-order valence-corrected chi connectivity index (χ0v) is 13.9. The van der Waals surface area contributed by atoms with E-state index in [0.29, 0.717) is 12.5 Å². The Morgan fingerprint density at radius 1 is 1.43 bits per heavy atom. The maximum Gasteiger partial charge on any atom is 0.141 e. The lowest BCUT2D eigenvalue weighted by molar-refractivity contribution is -0.0713. The first kappa shape index (κ1) is 16.3. The van der Waals surface area contributed by atoms with Crippen molar-refractivity contribution in [2.75, 3.05) is 26.7 Å². The molecule has 3 heteroatoms. The number of allylic oxidation sites excluding steroid dienone is 1. The number of benzene rings is 1. The van der Waals surface area contributed by atoms with E-state index in [1.807, 2.05) is 13.1 Å². The highest BCUT2D eigenvalue weighted by molar-refractivity contribution is 5.46. The summed E-state index contributed by atoms with van der Waals surface area (Å²) in [4.78, 5) is 2.33. The van der Waals surface area contributed by atoms with Gasteiger partial charge in [0.25, 0.3) is 0 Å². The molecule has 0 spiro atoms. The smallest absolute Gasteiger partial charge is 0.141 e. The summed E-state index contributed by atoms with van der Waals surface area (Å²) in [7, 11) is 1.95. The fraction of sp³-hybridized carbons (Fsp3) is 0.500. The van der Waals surface area contributed by atoms with Crippen LogP contribution in [0.1, 0.15) is 29.5 Å². The Labute approximate surface area is 139 Å². The Morgan fingerprint density at radius 3 is 2.83 bits per heavy atom. The summed E-state index contributed by atoms with van der Waals surface area (Å²) in [6, 6.07) is 6.36. The summed E-state index contributed by atoms with van der Waals surface area (Å²) in [5, 5.41) is 14.1. The lowest BCUT2D eigenvalue weighted by Gasteiger charge is -2.47. The van der Waals surface area contributed by atoms with Crippen LogP contribution in [0.25, 0.3) is 0 Å². The van der Waals surface area contributed by atoms with Crippen LogP contribution in [0.3, 0.4) is 0 Å². The van der Waals surface area contributed by atoms with Crippen molar-refractivity contribution >= 4 is 0 Å². The lowest BCUT2D eigenvalue weighted by atomic mass is 9.75. The van der Waals surface area contributed by atoms with Crippen molar-refractivity contribution in [1.29, 1.82) is 0 Å². The first-order valence-electron chi connectivity index (χ1n) is 8.50. The molecule has 1 aromatic carbocycles. The molecule has 0 aliphatic carbocycles. The molecule has 4 rings (SSSR count). The van der Waals surface area contributed by atoms with E-state index in [2.05, 4.69) is 46.8 Å². The molecule has 0 aromatic heterocycles. The average Bonchev–Trinajstić information content (AvgIpc) is 2.56. The number of nitrogens with one attached hydrogen (secondary N) is 1. The van der Waals surface area contributed by atoms with Crippen LogP contribution in [-0.2, 0) is 13.0 Å². The maximum absolute atomic E-state index is 10.9. The number of piperidine rings is 3. The molecule has 2 bridgehead atoms. The van der Waals surface area contributed by atoms with Crippen LogP contribution < -0.4 is 5.32 Å². The van der Waals surface area contributed by atoms with Crippen LogP contribution in [0.4, 0.5) is 0 Å². The minimum atomic E-state index is -0.842. The quantitative estimate of drug-likeness (QED) is 0.659. The number of rotatable bonds is 4. The second kappa shape index (κ2) is 6.88. The van der Waals surface area contributed by atoms with E-state index in [1.165, 1.54) is 11.1 Å². The van der Waals surface area contributed by atoms with Gasteiger partial charge in [-0.1, -0.05) is 30.0 Å². The highest BCUT2D eigenvalue weighted by Crippen LogP contribution is 2.35. The Kier molecular flexibility index (Phi) is 4.87. The summed E-state index contributed by atoms with van der Waals surface area (Å²) < 4.78 is 0. The maximum atomic E-state index is 10.9. The fourth-order valence-electron chi connectivity index (χ4n) is 3.76. The summed E-state index contributed by atoms with van der Waals surface area (Å²) in [5.74, 6) is 6.80. The van der Waals surface area contributed by atoms with Crippen molar-refractivity contribution in [3.05, 3.63) is 47.5 Å². The van der Waals surface area contributed by atoms with Gasteiger partial charge in [-0.3, -0.25) is 4.90 Å². The predicted octanol–water partition coefficient (Wildman–Crippen LogP) is 1.94. The standard InChI is InChI=1S/C20H26N2O/c1-3-4-18-13-16(14-21-2)5-6-17(18)7-10-20(23)15-22-11-8-19(20)9-12-22/h3,5-6,13,19,21,23H,1,4,8-9,11-12,14-15H2,2H3. The van der Waals surface area contributed by atoms with Gasteiger partial charge in [0.1, 0.15) is 5.60 Å². The van der Waals surface area contributed by atoms with E-state index < -0.39 is 5.60 Å². The van der Waals surface area contributed by atoms with Crippen LogP contribution in [0, 0.1) is 17.8 Å². The number of nitrogens with zero attached hydrogens (tertiary/aromatic N) is 1. The van der Waals surface area contributed by atoms with Gasteiger partial charge in [-0.2, -0.15) is 0 Å². The Bertz CT molecular complexity index is 635. The monoisotopic (exact) mass is 310 g/mol. The zero-order valence-electron chi connectivity index (χ0n) is 13.9. The summed E-state index contributed by atoms with van der Waals surface area (Å²) in [5.41, 5.74) is 2.60. The third-order valence-electron chi connectivity index (χ3n) is 5.06. The fourth-order valence-corrected chi connectivity index (χ4v) is 3.76. The highest BCUT2D eigenvalue weighted by atomic mass is 16.3. The second-order valence-electron chi connectivity index (χ2n) is 6.74. The van der Waals surface area contributed by atoms with E-state index in [9.17, 15) is 5.11 Å². The Morgan fingerprint density at radius 2 is 2.22 bits per heavy atom. The van der Waals surface area contributed by atoms with Crippen LogP contribution in [0.2, 0.25) is 0 Å². The van der Waals surface area contributed by atoms with Gasteiger partial charge in [0.05, 0.1) is 0 Å². The van der Waals surface area contributed by atoms with E-state index in [4.69, 9.17) is 0 Å². The van der Waals surface area contributed by atoms with Gasteiger partial charge in [0.2, 0.25) is 0 Å². The van der Waals surface area contributed by atoms with Crippen molar-refractivity contribution in [1.82, 2.24) is 10.2 Å². The average molecular weight is 310 g/mol. The number of aliphatic hydroxyl groups is 1. The number of hydrogen-bond donors (Lipinski definition) is 2. The normalized spacial score (nSPS) is 29.0. The Balaban J connectivity index is 1.86. The lowest BCUT2D eigenvalue weighted by Crippen LogP contribution is -2.58. The summed E-state index contributed by atoms with van der Waals surface area (Å²) in [6.45, 7) is 7.60. The number of fused-ring (bicyclic) bond motifs is 3. The second-order valence-corrected chi connectivity index (χ2v) is 6.74. The van der Waals surface area contributed by atoms with E-state index in [1.54, 1.807) is 0 Å². The molecular formula is C20H26N2O. The minimum Gasteiger partial charge on any atom is -0.376 e. The molecule has 2 N–H and O–H groups in total. The van der Waals surface area contributed by atoms with E-state index in [0.717, 1.165) is 44.5 Å².